The van der Waals surface area contributed by atoms with Gasteiger partial charge in [-0.1, -0.05) is 16.8 Å². The molecule has 6 heteroatoms. The summed E-state index contributed by atoms with van der Waals surface area (Å²) in [6.45, 7) is 0. The van der Waals surface area contributed by atoms with E-state index in [-0.39, 0.29) is 5.91 Å². The molecule has 0 aliphatic rings. The first-order valence-electron chi connectivity index (χ1n) is 5.75. The normalized spacial score (nSPS) is 10.7. The van der Waals surface area contributed by atoms with Gasteiger partial charge in [0, 0.05) is 14.2 Å². The monoisotopic (exact) mass is 398 g/mol. The van der Waals surface area contributed by atoms with E-state index in [2.05, 4.69) is 33.1 Å². The lowest BCUT2D eigenvalue weighted by Crippen LogP contribution is -2.12. The first-order chi connectivity index (χ1) is 9.63. The molecule has 3 rings (SSSR count). The second kappa shape index (κ2) is 5.41. The number of carbonyl (C=O) groups excluding carboxylic acids is 1. The molecule has 1 N–H and O–H groups in total. The maximum Gasteiger partial charge on any atom is 0.256 e. The number of amides is 1. The van der Waals surface area contributed by atoms with Gasteiger partial charge in [0.1, 0.15) is 0 Å². The second-order valence-corrected chi connectivity index (χ2v) is 5.81. The van der Waals surface area contributed by atoms with Crippen LogP contribution in [-0.4, -0.2) is 11.1 Å². The molecule has 20 heavy (non-hydrogen) atoms. The number of anilines is 1. The van der Waals surface area contributed by atoms with Gasteiger partial charge in [-0.15, -0.1) is 0 Å². The van der Waals surface area contributed by atoms with Crippen LogP contribution in [0.4, 0.5) is 5.82 Å². The molecule has 0 spiro atoms. The van der Waals surface area contributed by atoms with Gasteiger partial charge < -0.3 is 9.84 Å². The van der Waals surface area contributed by atoms with E-state index in [1.165, 1.54) is 0 Å². The summed E-state index contributed by atoms with van der Waals surface area (Å²) in [7, 11) is 0. The number of aromatic nitrogens is 1. The number of hydrogen-bond acceptors (Lipinski definition) is 3. The first kappa shape index (κ1) is 13.4. The Morgan fingerprint density at radius 3 is 2.70 bits per heavy atom. The molecule has 0 aliphatic carbocycles. The van der Waals surface area contributed by atoms with E-state index in [0.717, 1.165) is 3.57 Å². The lowest BCUT2D eigenvalue weighted by Gasteiger charge is -2.02. The van der Waals surface area contributed by atoms with E-state index in [1.807, 2.05) is 12.1 Å². The molecule has 1 amide bonds. The van der Waals surface area contributed by atoms with E-state index in [0.29, 0.717) is 27.4 Å². The summed E-state index contributed by atoms with van der Waals surface area (Å²) in [5.74, 6) is 0.127. The Labute approximate surface area is 133 Å². The predicted octanol–water partition coefficient (Wildman–Crippen LogP) is 4.34. The molecule has 0 saturated carbocycles. The zero-order valence-corrected chi connectivity index (χ0v) is 13.0. The van der Waals surface area contributed by atoms with Gasteiger partial charge in [0.25, 0.3) is 5.91 Å². The fourth-order valence-corrected chi connectivity index (χ4v) is 2.31. The van der Waals surface area contributed by atoms with Crippen LogP contribution in [0, 0.1) is 3.57 Å². The van der Waals surface area contributed by atoms with E-state index in [9.17, 15) is 4.79 Å². The highest BCUT2D eigenvalue weighted by molar-refractivity contribution is 14.1. The van der Waals surface area contributed by atoms with Gasteiger partial charge in [-0.2, -0.15) is 0 Å². The fourth-order valence-electron chi connectivity index (χ4n) is 1.78. The quantitative estimate of drug-likeness (QED) is 0.654. The molecular formula is C14H8ClIN2O2. The molecule has 0 atom stereocenters. The lowest BCUT2D eigenvalue weighted by atomic mass is 10.2. The third-order valence-corrected chi connectivity index (χ3v) is 3.72. The number of hydrogen-bond donors (Lipinski definition) is 1. The molecule has 0 bridgehead atoms. The maximum absolute atomic E-state index is 12.1. The van der Waals surface area contributed by atoms with Crippen LogP contribution in [0.2, 0.25) is 5.02 Å². The topological polar surface area (TPSA) is 55.1 Å². The summed E-state index contributed by atoms with van der Waals surface area (Å²) < 4.78 is 6.20. The molecule has 0 radical (unpaired) electrons. The van der Waals surface area contributed by atoms with Crippen molar-refractivity contribution in [1.82, 2.24) is 5.16 Å². The molecule has 100 valence electrons. The Balaban J connectivity index is 1.91. The maximum atomic E-state index is 12.1. The first-order valence-corrected chi connectivity index (χ1v) is 7.21. The van der Waals surface area contributed by atoms with E-state index >= 15 is 0 Å². The molecular weight excluding hydrogens is 391 g/mol. The smallest absolute Gasteiger partial charge is 0.256 e. The number of rotatable bonds is 2. The molecule has 0 fully saturated rings. The largest absolute Gasteiger partial charge is 0.354 e. The van der Waals surface area contributed by atoms with Crippen molar-refractivity contribution < 1.29 is 9.32 Å². The standard InChI is InChI=1S/C14H8ClIN2O2/c15-9-3-6-12-11(7-9)13(18-20-12)17-14(19)8-1-4-10(16)5-2-8/h1-7H,(H,17,18,19). The van der Waals surface area contributed by atoms with Crippen LogP contribution in [0.15, 0.2) is 47.0 Å². The van der Waals surface area contributed by atoms with E-state index < -0.39 is 0 Å². The van der Waals surface area contributed by atoms with Crippen LogP contribution < -0.4 is 5.32 Å². The van der Waals surface area contributed by atoms with Gasteiger partial charge in [0.05, 0.1) is 5.39 Å². The molecule has 0 saturated heterocycles. The van der Waals surface area contributed by atoms with Crippen molar-refractivity contribution in [2.45, 2.75) is 0 Å². The molecule has 2 aromatic carbocycles. The Morgan fingerprint density at radius 2 is 1.95 bits per heavy atom. The third-order valence-electron chi connectivity index (χ3n) is 2.77. The fraction of sp³-hybridized carbons (Fsp3) is 0. The summed E-state index contributed by atoms with van der Waals surface area (Å²) in [5.41, 5.74) is 1.14. The van der Waals surface area contributed by atoms with Gasteiger partial charge in [0.2, 0.25) is 0 Å². The number of nitrogens with one attached hydrogen (secondary N) is 1. The van der Waals surface area contributed by atoms with Gasteiger partial charge in [-0.3, -0.25) is 4.79 Å². The average Bonchev–Trinajstić information content (AvgIpc) is 2.82. The number of fused-ring (bicyclic) bond motifs is 1. The van der Waals surface area contributed by atoms with Gasteiger partial charge in [0.15, 0.2) is 11.4 Å². The van der Waals surface area contributed by atoms with Crippen molar-refractivity contribution in [2.75, 3.05) is 5.32 Å². The summed E-state index contributed by atoms with van der Waals surface area (Å²) in [5, 5.41) is 7.81. The molecule has 1 heterocycles. The predicted molar refractivity (Wildman–Crippen MR) is 86.1 cm³/mol. The van der Waals surface area contributed by atoms with Crippen molar-refractivity contribution in [1.29, 1.82) is 0 Å². The third kappa shape index (κ3) is 2.64. The Morgan fingerprint density at radius 1 is 1.20 bits per heavy atom. The summed E-state index contributed by atoms with van der Waals surface area (Å²) in [6, 6.07) is 12.4. The minimum Gasteiger partial charge on any atom is -0.354 e. The highest BCUT2D eigenvalue weighted by Gasteiger charge is 2.13. The Kier molecular flexibility index (Phi) is 3.62. The summed E-state index contributed by atoms with van der Waals surface area (Å²) >= 11 is 8.12. The van der Waals surface area contributed by atoms with Crippen LogP contribution >= 0.6 is 34.2 Å². The molecule has 0 unspecified atom stereocenters. The summed E-state index contributed by atoms with van der Waals surface area (Å²) in [6.07, 6.45) is 0. The minimum atomic E-state index is -0.239. The Hall–Kier alpha value is -1.60. The van der Waals surface area contributed by atoms with Crippen molar-refractivity contribution in [3.8, 4) is 0 Å². The highest BCUT2D eigenvalue weighted by Crippen LogP contribution is 2.26. The number of halogens is 2. The zero-order valence-electron chi connectivity index (χ0n) is 10.1. The van der Waals surface area contributed by atoms with E-state index in [1.54, 1.807) is 30.3 Å². The number of benzene rings is 2. The SMILES string of the molecule is O=C(Nc1noc2ccc(Cl)cc12)c1ccc(I)cc1. The van der Waals surface area contributed by atoms with Crippen molar-refractivity contribution in [2.24, 2.45) is 0 Å². The second-order valence-electron chi connectivity index (χ2n) is 4.13. The van der Waals surface area contributed by atoms with Crippen molar-refractivity contribution in [3.05, 3.63) is 56.6 Å². The molecule has 1 aromatic heterocycles. The highest BCUT2D eigenvalue weighted by atomic mass is 127. The van der Waals surface area contributed by atoms with Crippen LogP contribution in [0.5, 0.6) is 0 Å². The molecule has 4 nitrogen and oxygen atoms in total. The van der Waals surface area contributed by atoms with Gasteiger partial charge in [-0.05, 0) is 65.1 Å². The van der Waals surface area contributed by atoms with Crippen LogP contribution in [0.3, 0.4) is 0 Å². The van der Waals surface area contributed by atoms with E-state index in [4.69, 9.17) is 16.1 Å². The van der Waals surface area contributed by atoms with Crippen LogP contribution in [0.1, 0.15) is 10.4 Å². The number of carbonyl (C=O) groups is 1. The van der Waals surface area contributed by atoms with Crippen molar-refractivity contribution >= 4 is 56.9 Å². The molecule has 0 aliphatic heterocycles. The number of nitrogens with zero attached hydrogens (tertiary/aromatic N) is 1. The minimum absolute atomic E-state index is 0.239. The van der Waals surface area contributed by atoms with Gasteiger partial charge >= 0.3 is 0 Å². The van der Waals surface area contributed by atoms with Crippen molar-refractivity contribution in [3.63, 3.8) is 0 Å². The molecule has 3 aromatic rings. The van der Waals surface area contributed by atoms with Crippen LogP contribution in [-0.2, 0) is 0 Å². The lowest BCUT2D eigenvalue weighted by molar-refractivity contribution is 0.102. The Bertz CT molecular complexity index is 783. The van der Waals surface area contributed by atoms with Gasteiger partial charge in [-0.25, -0.2) is 0 Å². The average molecular weight is 399 g/mol. The summed E-state index contributed by atoms with van der Waals surface area (Å²) in [4.78, 5) is 12.1. The zero-order chi connectivity index (χ0) is 14.1. The van der Waals surface area contributed by atoms with Crippen LogP contribution in [0.25, 0.3) is 11.0 Å².